The fourth-order valence-electron chi connectivity index (χ4n) is 2.99. The Labute approximate surface area is 188 Å². The zero-order valence-electron chi connectivity index (χ0n) is 17.3. The van der Waals surface area contributed by atoms with Crippen LogP contribution in [0, 0.1) is 41.2 Å². The number of nitrogens with one attached hydrogen (secondary N) is 2. The number of hydrogen-bond donors (Lipinski definition) is 2. The lowest BCUT2D eigenvalue weighted by Gasteiger charge is -2.13. The molecule has 0 radical (unpaired) electrons. The molecule has 2 aromatic heterocycles. The highest BCUT2D eigenvalue weighted by Gasteiger charge is 2.15. The van der Waals surface area contributed by atoms with Gasteiger partial charge >= 0.3 is 0 Å². The minimum Gasteiger partial charge on any atom is -0.335 e. The van der Waals surface area contributed by atoms with Crippen LogP contribution in [-0.2, 0) is 0 Å². The summed E-state index contributed by atoms with van der Waals surface area (Å²) in [5, 5.41) is 23.4. The molecule has 7 nitrogen and oxygen atoms in total. The first-order chi connectivity index (χ1) is 16.0. The molecule has 0 unspecified atom stereocenters. The Morgan fingerprint density at radius 3 is 2.15 bits per heavy atom. The maximum atomic E-state index is 14.8. The molecular formula is C24H15F2N7. The second kappa shape index (κ2) is 9.08. The zero-order valence-corrected chi connectivity index (χ0v) is 17.3. The molecule has 160 valence electrons. The number of halogens is 2. The SMILES string of the molecule is Cc1cnc(Nc2ccc(C#N)cc2)nc1Nc1c(F)cc(-c2ccc(C#N)nc2)cc1F. The monoisotopic (exact) mass is 439 g/mol. The molecule has 0 spiro atoms. The number of rotatable bonds is 5. The summed E-state index contributed by atoms with van der Waals surface area (Å²) < 4.78 is 29.6. The predicted octanol–water partition coefficient (Wildman–Crippen LogP) is 5.36. The van der Waals surface area contributed by atoms with E-state index in [1.807, 2.05) is 12.1 Å². The van der Waals surface area contributed by atoms with E-state index in [2.05, 4.69) is 25.6 Å². The molecule has 0 saturated carbocycles. The number of hydrogen-bond acceptors (Lipinski definition) is 7. The molecule has 4 rings (SSSR count). The summed E-state index contributed by atoms with van der Waals surface area (Å²) in [6.45, 7) is 1.71. The molecule has 33 heavy (non-hydrogen) atoms. The van der Waals surface area contributed by atoms with Crippen molar-refractivity contribution >= 4 is 23.1 Å². The Morgan fingerprint density at radius 1 is 0.818 bits per heavy atom. The standard InChI is InChI=1S/C24H15F2N7/c1-14-12-30-24(31-18-5-2-15(10-27)3-6-18)33-23(14)32-22-20(25)8-17(9-21(22)26)16-4-7-19(11-28)29-13-16/h2-9,12-13H,1H3,(H2,30,31,32,33). The first-order valence-electron chi connectivity index (χ1n) is 9.70. The van der Waals surface area contributed by atoms with Crippen molar-refractivity contribution in [1.29, 1.82) is 10.5 Å². The summed E-state index contributed by atoms with van der Waals surface area (Å²) >= 11 is 0. The molecule has 0 saturated heterocycles. The number of anilines is 4. The molecule has 0 aliphatic rings. The molecule has 4 aromatic rings. The van der Waals surface area contributed by atoms with Crippen molar-refractivity contribution in [2.24, 2.45) is 0 Å². The van der Waals surface area contributed by atoms with Crippen molar-refractivity contribution in [3.05, 3.63) is 89.4 Å². The topological polar surface area (TPSA) is 110 Å². The lowest BCUT2D eigenvalue weighted by molar-refractivity contribution is 0.591. The third-order valence-electron chi connectivity index (χ3n) is 4.74. The maximum absolute atomic E-state index is 14.8. The predicted molar refractivity (Wildman–Crippen MR) is 119 cm³/mol. The molecule has 0 fully saturated rings. The van der Waals surface area contributed by atoms with Crippen LogP contribution < -0.4 is 10.6 Å². The maximum Gasteiger partial charge on any atom is 0.229 e. The molecule has 0 aliphatic heterocycles. The van der Waals surface area contributed by atoms with E-state index in [0.29, 0.717) is 22.4 Å². The second-order valence-corrected chi connectivity index (χ2v) is 7.02. The van der Waals surface area contributed by atoms with Gasteiger partial charge in [0.05, 0.1) is 11.6 Å². The van der Waals surface area contributed by atoms with Gasteiger partial charge in [-0.3, -0.25) is 0 Å². The summed E-state index contributed by atoms with van der Waals surface area (Å²) in [5.41, 5.74) is 2.37. The van der Waals surface area contributed by atoms with Crippen LogP contribution in [0.15, 0.2) is 60.9 Å². The van der Waals surface area contributed by atoms with Crippen LogP contribution >= 0.6 is 0 Å². The Morgan fingerprint density at radius 2 is 1.55 bits per heavy atom. The van der Waals surface area contributed by atoms with Gasteiger partial charge in [-0.05, 0) is 61.0 Å². The smallest absolute Gasteiger partial charge is 0.229 e. The van der Waals surface area contributed by atoms with Gasteiger partial charge in [-0.2, -0.15) is 15.5 Å². The number of nitriles is 2. The summed E-state index contributed by atoms with van der Waals surface area (Å²) in [5.74, 6) is -1.18. The quantitative estimate of drug-likeness (QED) is 0.431. The van der Waals surface area contributed by atoms with E-state index < -0.39 is 11.6 Å². The number of aromatic nitrogens is 3. The normalized spacial score (nSPS) is 10.2. The van der Waals surface area contributed by atoms with Crippen LogP contribution in [0.3, 0.4) is 0 Å². The minimum absolute atomic E-state index is 0.211. The van der Waals surface area contributed by atoms with Crippen molar-refractivity contribution in [2.45, 2.75) is 6.92 Å². The van der Waals surface area contributed by atoms with Crippen LogP contribution in [0.1, 0.15) is 16.8 Å². The van der Waals surface area contributed by atoms with E-state index in [1.54, 1.807) is 37.3 Å². The molecule has 0 amide bonds. The highest BCUT2D eigenvalue weighted by molar-refractivity contribution is 5.69. The fraction of sp³-hybridized carbons (Fsp3) is 0.0417. The molecule has 0 bridgehead atoms. The van der Waals surface area contributed by atoms with Gasteiger partial charge in [-0.1, -0.05) is 0 Å². The lowest BCUT2D eigenvalue weighted by Crippen LogP contribution is -2.05. The van der Waals surface area contributed by atoms with Crippen molar-refractivity contribution in [1.82, 2.24) is 15.0 Å². The van der Waals surface area contributed by atoms with Crippen LogP contribution in [-0.4, -0.2) is 15.0 Å². The van der Waals surface area contributed by atoms with Crippen molar-refractivity contribution in [3.63, 3.8) is 0 Å². The van der Waals surface area contributed by atoms with Crippen LogP contribution in [0.2, 0.25) is 0 Å². The average molecular weight is 439 g/mol. The van der Waals surface area contributed by atoms with E-state index in [4.69, 9.17) is 10.5 Å². The highest BCUT2D eigenvalue weighted by Crippen LogP contribution is 2.30. The third kappa shape index (κ3) is 4.73. The number of benzene rings is 2. The van der Waals surface area contributed by atoms with E-state index in [-0.39, 0.29) is 28.7 Å². The van der Waals surface area contributed by atoms with Gasteiger partial charge in [-0.15, -0.1) is 0 Å². The van der Waals surface area contributed by atoms with Crippen LogP contribution in [0.5, 0.6) is 0 Å². The Kier molecular flexibility index (Phi) is 5.87. The van der Waals surface area contributed by atoms with Gasteiger partial charge in [0.1, 0.15) is 34.9 Å². The average Bonchev–Trinajstić information content (AvgIpc) is 2.83. The van der Waals surface area contributed by atoms with Crippen LogP contribution in [0.4, 0.5) is 31.9 Å². The largest absolute Gasteiger partial charge is 0.335 e. The minimum atomic E-state index is -0.811. The van der Waals surface area contributed by atoms with Crippen molar-refractivity contribution in [3.8, 4) is 23.3 Å². The molecular weight excluding hydrogens is 424 g/mol. The molecule has 2 aromatic carbocycles. The first kappa shape index (κ1) is 21.3. The van der Waals surface area contributed by atoms with Gasteiger partial charge in [-0.25, -0.2) is 18.7 Å². The number of nitrogens with zero attached hydrogens (tertiary/aromatic N) is 5. The van der Waals surface area contributed by atoms with E-state index >= 15 is 0 Å². The summed E-state index contributed by atoms with van der Waals surface area (Å²) in [6.07, 6.45) is 2.91. The number of aryl methyl sites for hydroxylation is 1. The van der Waals surface area contributed by atoms with Crippen LogP contribution in [0.25, 0.3) is 11.1 Å². The van der Waals surface area contributed by atoms with Gasteiger partial charge in [0, 0.05) is 29.2 Å². The third-order valence-corrected chi connectivity index (χ3v) is 4.74. The van der Waals surface area contributed by atoms with Gasteiger partial charge in [0.25, 0.3) is 0 Å². The van der Waals surface area contributed by atoms with Gasteiger partial charge in [0.2, 0.25) is 5.95 Å². The summed E-state index contributed by atoms with van der Waals surface area (Å²) in [4.78, 5) is 12.4. The van der Waals surface area contributed by atoms with E-state index in [0.717, 1.165) is 0 Å². The molecule has 2 heterocycles. The van der Waals surface area contributed by atoms with Gasteiger partial charge < -0.3 is 10.6 Å². The molecule has 0 aliphatic carbocycles. The Bertz CT molecular complexity index is 1380. The van der Waals surface area contributed by atoms with E-state index in [1.165, 1.54) is 30.6 Å². The molecule has 9 heteroatoms. The molecule has 0 atom stereocenters. The van der Waals surface area contributed by atoms with Gasteiger partial charge in [0.15, 0.2) is 0 Å². The van der Waals surface area contributed by atoms with Crippen molar-refractivity contribution < 1.29 is 8.78 Å². The summed E-state index contributed by atoms with van der Waals surface area (Å²) in [6, 6.07) is 16.0. The second-order valence-electron chi connectivity index (χ2n) is 7.02. The number of pyridine rings is 1. The molecule has 2 N–H and O–H groups in total. The Hall–Kier alpha value is -4.89. The van der Waals surface area contributed by atoms with Crippen molar-refractivity contribution in [2.75, 3.05) is 10.6 Å². The zero-order chi connectivity index (χ0) is 23.4. The summed E-state index contributed by atoms with van der Waals surface area (Å²) in [7, 11) is 0. The van der Waals surface area contributed by atoms with E-state index in [9.17, 15) is 8.78 Å². The Balaban J connectivity index is 1.59. The highest BCUT2D eigenvalue weighted by atomic mass is 19.1. The fourth-order valence-corrected chi connectivity index (χ4v) is 2.99. The lowest BCUT2D eigenvalue weighted by atomic mass is 10.1. The first-order valence-corrected chi connectivity index (χ1v) is 9.70.